The highest BCUT2D eigenvalue weighted by Crippen LogP contribution is 2.36. The third kappa shape index (κ3) is 2.34. The molecule has 0 aromatic carbocycles. The molecule has 1 saturated heterocycles. The minimum atomic E-state index is 0.256. The van der Waals surface area contributed by atoms with Crippen molar-refractivity contribution in [3.05, 3.63) is 30.5 Å². The molecule has 1 unspecified atom stereocenters. The average Bonchev–Trinajstić information content (AvgIpc) is 3.24. The molecule has 5 rings (SSSR count). The van der Waals surface area contributed by atoms with Crippen molar-refractivity contribution < 1.29 is 4.79 Å². The average molecular weight is 337 g/mol. The molecule has 1 N–H and O–H groups in total. The van der Waals surface area contributed by atoms with Crippen LogP contribution in [0.5, 0.6) is 0 Å². The summed E-state index contributed by atoms with van der Waals surface area (Å²) in [5, 5.41) is 0. The maximum atomic E-state index is 12.8. The van der Waals surface area contributed by atoms with Crippen molar-refractivity contribution >= 4 is 22.6 Å². The summed E-state index contributed by atoms with van der Waals surface area (Å²) in [5.41, 5.74) is 2.94. The molecule has 130 valence electrons. The number of fused-ring (bicyclic) bond motifs is 3. The summed E-state index contributed by atoms with van der Waals surface area (Å²) in [6.07, 6.45) is 9.91. The monoisotopic (exact) mass is 337 g/mol. The highest BCUT2D eigenvalue weighted by Gasteiger charge is 2.36. The molecule has 25 heavy (non-hydrogen) atoms. The van der Waals surface area contributed by atoms with Crippen LogP contribution in [0, 0.1) is 11.8 Å². The standard InChI is InChI=1S/C19H23N5O/c1-12-7-14(8-12)19(25)23-6-2-3-13(11-23)18-22-10-15-9-21-17-16(24(15)18)4-5-20-17/h4-5,9-10,12-14,20H,2-3,6-8,11H2,1H3. The van der Waals surface area contributed by atoms with Crippen molar-refractivity contribution in [2.75, 3.05) is 13.1 Å². The molecule has 3 aromatic heterocycles. The van der Waals surface area contributed by atoms with Crippen LogP contribution in [0.25, 0.3) is 16.7 Å². The smallest absolute Gasteiger partial charge is 0.225 e. The summed E-state index contributed by atoms with van der Waals surface area (Å²) in [4.78, 5) is 27.2. The van der Waals surface area contributed by atoms with Gasteiger partial charge in [-0.3, -0.25) is 9.20 Å². The molecular formula is C19H23N5O. The molecule has 2 fully saturated rings. The molecule has 0 bridgehead atoms. The molecule has 0 spiro atoms. The van der Waals surface area contributed by atoms with Crippen LogP contribution >= 0.6 is 0 Å². The van der Waals surface area contributed by atoms with Crippen molar-refractivity contribution in [1.29, 1.82) is 0 Å². The van der Waals surface area contributed by atoms with Crippen molar-refractivity contribution in [3.8, 4) is 0 Å². The summed E-state index contributed by atoms with van der Waals surface area (Å²) in [5.74, 6) is 2.67. The largest absolute Gasteiger partial charge is 0.345 e. The summed E-state index contributed by atoms with van der Waals surface area (Å²) < 4.78 is 2.20. The molecule has 6 heteroatoms. The Balaban J connectivity index is 1.46. The molecular weight excluding hydrogens is 314 g/mol. The summed E-state index contributed by atoms with van der Waals surface area (Å²) in [7, 11) is 0. The molecule has 1 atom stereocenters. The fraction of sp³-hybridized carbons (Fsp3) is 0.526. The molecule has 1 amide bonds. The number of carbonyl (C=O) groups is 1. The van der Waals surface area contributed by atoms with Gasteiger partial charge in [0.25, 0.3) is 0 Å². The minimum absolute atomic E-state index is 0.256. The van der Waals surface area contributed by atoms with Crippen LogP contribution in [-0.2, 0) is 4.79 Å². The number of nitrogens with zero attached hydrogens (tertiary/aromatic N) is 4. The van der Waals surface area contributed by atoms with Crippen LogP contribution in [0.4, 0.5) is 0 Å². The Morgan fingerprint density at radius 3 is 2.96 bits per heavy atom. The van der Waals surface area contributed by atoms with Crippen LogP contribution in [0.15, 0.2) is 24.7 Å². The predicted octanol–water partition coefficient (Wildman–Crippen LogP) is 2.96. The number of carbonyl (C=O) groups excluding carboxylic acids is 1. The lowest BCUT2D eigenvalue weighted by Gasteiger charge is -2.39. The van der Waals surface area contributed by atoms with Crippen LogP contribution in [-0.4, -0.2) is 43.2 Å². The van der Waals surface area contributed by atoms with E-state index in [1.165, 1.54) is 0 Å². The first-order valence-electron chi connectivity index (χ1n) is 9.29. The Labute approximate surface area is 146 Å². The van der Waals surface area contributed by atoms with Gasteiger partial charge in [-0.05, 0) is 37.7 Å². The number of imidazole rings is 1. The Bertz CT molecular complexity index is 936. The Morgan fingerprint density at radius 1 is 1.28 bits per heavy atom. The molecule has 4 heterocycles. The number of amides is 1. The lowest BCUT2D eigenvalue weighted by atomic mass is 9.75. The first-order valence-corrected chi connectivity index (χ1v) is 9.29. The second-order valence-corrected chi connectivity index (χ2v) is 7.74. The van der Waals surface area contributed by atoms with E-state index in [-0.39, 0.29) is 5.92 Å². The van der Waals surface area contributed by atoms with E-state index in [4.69, 9.17) is 4.98 Å². The normalized spacial score (nSPS) is 26.9. The first-order chi connectivity index (χ1) is 12.2. The van der Waals surface area contributed by atoms with Crippen LogP contribution < -0.4 is 0 Å². The van der Waals surface area contributed by atoms with Gasteiger partial charge in [0.1, 0.15) is 5.82 Å². The molecule has 2 aliphatic rings. The molecule has 6 nitrogen and oxygen atoms in total. The summed E-state index contributed by atoms with van der Waals surface area (Å²) in [6.45, 7) is 3.91. The Hall–Kier alpha value is -2.37. The quantitative estimate of drug-likeness (QED) is 0.782. The van der Waals surface area contributed by atoms with Gasteiger partial charge in [-0.15, -0.1) is 0 Å². The van der Waals surface area contributed by atoms with Gasteiger partial charge in [0.15, 0.2) is 5.65 Å². The predicted molar refractivity (Wildman–Crippen MR) is 95.3 cm³/mol. The third-order valence-corrected chi connectivity index (χ3v) is 5.91. The van der Waals surface area contributed by atoms with E-state index in [0.29, 0.717) is 17.7 Å². The number of hydrogen-bond acceptors (Lipinski definition) is 3. The lowest BCUT2D eigenvalue weighted by Crippen LogP contribution is -2.45. The van der Waals surface area contributed by atoms with Gasteiger partial charge in [0.05, 0.1) is 23.4 Å². The fourth-order valence-corrected chi connectivity index (χ4v) is 4.54. The van der Waals surface area contributed by atoms with Crippen LogP contribution in [0.1, 0.15) is 44.3 Å². The molecule has 0 radical (unpaired) electrons. The second kappa shape index (κ2) is 5.58. The highest BCUT2D eigenvalue weighted by molar-refractivity contribution is 5.80. The van der Waals surface area contributed by atoms with E-state index >= 15 is 0 Å². The molecule has 1 aliphatic heterocycles. The molecule has 1 aliphatic carbocycles. The van der Waals surface area contributed by atoms with Crippen molar-refractivity contribution in [2.24, 2.45) is 11.8 Å². The number of nitrogens with one attached hydrogen (secondary N) is 1. The van der Waals surface area contributed by atoms with Gasteiger partial charge in [-0.25, -0.2) is 9.97 Å². The van der Waals surface area contributed by atoms with E-state index in [1.54, 1.807) is 0 Å². The number of hydrogen-bond donors (Lipinski definition) is 1. The second-order valence-electron chi connectivity index (χ2n) is 7.74. The summed E-state index contributed by atoms with van der Waals surface area (Å²) >= 11 is 0. The third-order valence-electron chi connectivity index (χ3n) is 5.91. The zero-order valence-electron chi connectivity index (χ0n) is 14.5. The summed E-state index contributed by atoms with van der Waals surface area (Å²) in [6, 6.07) is 2.04. The molecule has 3 aromatic rings. The van der Waals surface area contributed by atoms with E-state index < -0.39 is 0 Å². The zero-order chi connectivity index (χ0) is 17.0. The number of rotatable bonds is 2. The number of aromatic nitrogens is 4. The van der Waals surface area contributed by atoms with E-state index in [2.05, 4.69) is 26.2 Å². The Kier molecular flexibility index (Phi) is 3.33. The lowest BCUT2D eigenvalue weighted by molar-refractivity contribution is -0.141. The molecule has 1 saturated carbocycles. The fourth-order valence-electron chi connectivity index (χ4n) is 4.54. The van der Waals surface area contributed by atoms with Gasteiger partial charge in [-0.1, -0.05) is 6.92 Å². The zero-order valence-corrected chi connectivity index (χ0v) is 14.5. The van der Waals surface area contributed by atoms with Gasteiger partial charge in [0, 0.05) is 31.1 Å². The maximum absolute atomic E-state index is 12.8. The number of likely N-dealkylation sites (tertiary alicyclic amines) is 1. The van der Waals surface area contributed by atoms with Gasteiger partial charge < -0.3 is 9.88 Å². The van der Waals surface area contributed by atoms with Gasteiger partial charge >= 0.3 is 0 Å². The maximum Gasteiger partial charge on any atom is 0.225 e. The van der Waals surface area contributed by atoms with E-state index in [0.717, 1.165) is 61.3 Å². The van der Waals surface area contributed by atoms with Gasteiger partial charge in [-0.2, -0.15) is 0 Å². The number of H-pyrrole nitrogens is 1. The minimum Gasteiger partial charge on any atom is -0.345 e. The number of aromatic amines is 1. The van der Waals surface area contributed by atoms with Crippen molar-refractivity contribution in [2.45, 2.75) is 38.5 Å². The van der Waals surface area contributed by atoms with Crippen LogP contribution in [0.3, 0.4) is 0 Å². The SMILES string of the molecule is CC1CC(C(=O)N2CCCC(c3ncc4cnc5[nH]ccc5n34)C2)C1. The van der Waals surface area contributed by atoms with Gasteiger partial charge in [0.2, 0.25) is 5.91 Å². The van der Waals surface area contributed by atoms with Crippen molar-refractivity contribution in [1.82, 2.24) is 24.3 Å². The topological polar surface area (TPSA) is 66.3 Å². The Morgan fingerprint density at radius 2 is 2.12 bits per heavy atom. The van der Waals surface area contributed by atoms with E-state index in [9.17, 15) is 4.79 Å². The van der Waals surface area contributed by atoms with E-state index in [1.807, 2.05) is 24.7 Å². The highest BCUT2D eigenvalue weighted by atomic mass is 16.2. The first kappa shape index (κ1) is 14.9. The number of piperidine rings is 1. The van der Waals surface area contributed by atoms with Crippen LogP contribution in [0.2, 0.25) is 0 Å². The van der Waals surface area contributed by atoms with Crippen molar-refractivity contribution in [3.63, 3.8) is 0 Å².